The molecule has 0 heterocycles. The Labute approximate surface area is 134 Å². The van der Waals surface area contributed by atoms with Gasteiger partial charge in [0.15, 0.2) is 11.6 Å². The molecule has 0 unspecified atom stereocenters. The van der Waals surface area contributed by atoms with E-state index < -0.39 is 21.8 Å². The number of hydrogen-bond donors (Lipinski definition) is 0. The van der Waals surface area contributed by atoms with Gasteiger partial charge >= 0.3 is 0 Å². The van der Waals surface area contributed by atoms with Gasteiger partial charge in [-0.15, -0.1) is 0 Å². The third-order valence-electron chi connectivity index (χ3n) is 3.46. The van der Waals surface area contributed by atoms with Gasteiger partial charge < -0.3 is 0 Å². The zero-order chi connectivity index (χ0) is 16.0. The molecule has 3 rings (SSSR count). The quantitative estimate of drug-likeness (QED) is 0.599. The smallest absolute Gasteiger partial charge is 0.257 e. The van der Waals surface area contributed by atoms with E-state index in [9.17, 15) is 19.2 Å². The molecule has 0 aromatic heterocycles. The molecule has 0 radical (unpaired) electrons. The molecule has 6 heteroatoms. The van der Waals surface area contributed by atoms with E-state index in [0.717, 1.165) is 0 Å². The molecule has 0 bridgehead atoms. The third-order valence-corrected chi connectivity index (χ3v) is 3.85. The van der Waals surface area contributed by atoms with Crippen LogP contribution in [0.25, 0.3) is 12.2 Å². The van der Waals surface area contributed by atoms with Gasteiger partial charge in [0.2, 0.25) is 0 Å². The highest BCUT2D eigenvalue weighted by molar-refractivity contribution is 6.75. The number of allylic oxidation sites excluding steroid dienone is 4. The molecule has 0 N–H and O–H groups in total. The van der Waals surface area contributed by atoms with Crippen molar-refractivity contribution in [2.24, 2.45) is 0 Å². The minimum atomic E-state index is -1.05. The zero-order valence-corrected chi connectivity index (χ0v) is 12.4. The largest absolute Gasteiger partial charge is 0.289 e. The monoisotopic (exact) mass is 332 g/mol. The van der Waals surface area contributed by atoms with E-state index in [1.54, 1.807) is 12.2 Å². The van der Waals surface area contributed by atoms with E-state index >= 15 is 0 Å². The molecule has 108 valence electrons. The van der Waals surface area contributed by atoms with E-state index in [1.165, 1.54) is 24.3 Å². The maximum Gasteiger partial charge on any atom is 0.257 e. The molecule has 0 saturated carbocycles. The first-order valence-corrected chi connectivity index (χ1v) is 6.93. The van der Waals surface area contributed by atoms with Crippen LogP contribution in [-0.2, 0) is 9.59 Å². The Morgan fingerprint density at radius 3 is 2.23 bits per heavy atom. The molecule has 2 aliphatic carbocycles. The lowest BCUT2D eigenvalue weighted by atomic mass is 9.89. The molecule has 0 aliphatic heterocycles. The second-order valence-corrected chi connectivity index (χ2v) is 5.41. The van der Waals surface area contributed by atoms with Gasteiger partial charge in [0.25, 0.3) is 10.5 Å². The van der Waals surface area contributed by atoms with Crippen LogP contribution in [0.1, 0.15) is 20.7 Å². The lowest BCUT2D eigenvalue weighted by Gasteiger charge is -2.14. The Kier molecular flexibility index (Phi) is 3.43. The van der Waals surface area contributed by atoms with Gasteiger partial charge in [0.05, 0.1) is 11.1 Å². The van der Waals surface area contributed by atoms with Crippen LogP contribution < -0.4 is 10.4 Å². The fraction of sp³-hybridized carbons (Fsp3) is 0. The highest BCUT2D eigenvalue weighted by Gasteiger charge is 2.29. The average molecular weight is 333 g/mol. The minimum absolute atomic E-state index is 0.198. The molecule has 4 nitrogen and oxygen atoms in total. The maximum absolute atomic E-state index is 12.4. The van der Waals surface area contributed by atoms with Crippen LogP contribution >= 0.6 is 23.2 Å². The number of carbonyl (C=O) groups excluding carboxylic acids is 4. The summed E-state index contributed by atoms with van der Waals surface area (Å²) in [5.74, 6) is -0.886. The molecule has 2 aliphatic rings. The summed E-state index contributed by atoms with van der Waals surface area (Å²) >= 11 is 10.8. The number of carbonyl (C=O) groups is 4. The van der Waals surface area contributed by atoms with Crippen molar-refractivity contribution in [2.75, 3.05) is 0 Å². The van der Waals surface area contributed by atoms with Crippen LogP contribution in [0.4, 0.5) is 0 Å². The molecule has 0 saturated heterocycles. The third kappa shape index (κ3) is 2.17. The zero-order valence-electron chi connectivity index (χ0n) is 10.9. The predicted octanol–water partition coefficient (Wildman–Crippen LogP) is 1.02. The Morgan fingerprint density at radius 1 is 0.909 bits per heavy atom. The highest BCUT2D eigenvalue weighted by atomic mass is 35.5. The van der Waals surface area contributed by atoms with E-state index in [2.05, 4.69) is 0 Å². The Hall–Kier alpha value is -2.30. The van der Waals surface area contributed by atoms with Crippen molar-refractivity contribution in [2.45, 2.75) is 0 Å². The molecule has 0 atom stereocenters. The number of rotatable bonds is 2. The van der Waals surface area contributed by atoms with Gasteiger partial charge in [0, 0.05) is 11.1 Å². The van der Waals surface area contributed by atoms with Gasteiger partial charge in [-0.05, 0) is 57.9 Å². The normalized spacial score (nSPS) is 15.7. The number of Topliss-reactive ketones (excluding diaryl/α,β-unsaturated/α-hetero) is 1. The number of benzene rings is 1. The fourth-order valence-corrected chi connectivity index (χ4v) is 2.80. The van der Waals surface area contributed by atoms with Gasteiger partial charge in [-0.25, -0.2) is 0 Å². The lowest BCUT2D eigenvalue weighted by Crippen LogP contribution is -2.31. The first-order valence-electron chi connectivity index (χ1n) is 6.17. The molecule has 22 heavy (non-hydrogen) atoms. The van der Waals surface area contributed by atoms with Crippen LogP contribution in [0, 0.1) is 0 Å². The highest BCUT2D eigenvalue weighted by Crippen LogP contribution is 2.21. The van der Waals surface area contributed by atoms with Gasteiger partial charge in [-0.1, -0.05) is 12.2 Å². The van der Waals surface area contributed by atoms with Crippen LogP contribution in [0.15, 0.2) is 35.4 Å². The number of halogens is 2. The van der Waals surface area contributed by atoms with Crippen LogP contribution in [0.5, 0.6) is 0 Å². The fourth-order valence-electron chi connectivity index (χ4n) is 2.46. The van der Waals surface area contributed by atoms with Gasteiger partial charge in [0.1, 0.15) is 0 Å². The van der Waals surface area contributed by atoms with E-state index in [4.69, 9.17) is 23.2 Å². The van der Waals surface area contributed by atoms with Gasteiger partial charge in [-0.3, -0.25) is 19.2 Å². The van der Waals surface area contributed by atoms with Crippen molar-refractivity contribution in [1.82, 2.24) is 0 Å². The number of hydrogen-bond acceptors (Lipinski definition) is 4. The second kappa shape index (κ2) is 5.16. The molecule has 1 aromatic rings. The van der Waals surface area contributed by atoms with E-state index in [1.807, 2.05) is 0 Å². The SMILES string of the molecule is O=C(Cl)C1=C(C(=O)Cl)C(=O)c2cc3c(cc2=C1)C(=O)C=CC=3. The summed E-state index contributed by atoms with van der Waals surface area (Å²) in [4.78, 5) is 47.2. The summed E-state index contributed by atoms with van der Waals surface area (Å²) in [6.07, 6.45) is 5.95. The Bertz CT molecular complexity index is 965. The molecular weight excluding hydrogens is 327 g/mol. The van der Waals surface area contributed by atoms with Crippen molar-refractivity contribution in [3.8, 4) is 0 Å². The van der Waals surface area contributed by atoms with Crippen molar-refractivity contribution in [1.29, 1.82) is 0 Å². The summed E-state index contributed by atoms with van der Waals surface area (Å²) in [6, 6.07) is 3.00. The first-order chi connectivity index (χ1) is 10.4. The van der Waals surface area contributed by atoms with Crippen LogP contribution in [-0.4, -0.2) is 22.1 Å². The van der Waals surface area contributed by atoms with Crippen LogP contribution in [0.2, 0.25) is 0 Å². The van der Waals surface area contributed by atoms with Crippen LogP contribution in [0.3, 0.4) is 0 Å². The summed E-state index contributed by atoms with van der Waals surface area (Å²) in [5.41, 5.74) is -0.107. The van der Waals surface area contributed by atoms with E-state index in [-0.39, 0.29) is 16.9 Å². The first kappa shape index (κ1) is 14.6. The van der Waals surface area contributed by atoms with Crippen molar-refractivity contribution >= 4 is 57.4 Å². The van der Waals surface area contributed by atoms with Crippen molar-refractivity contribution in [3.05, 3.63) is 57.0 Å². The second-order valence-electron chi connectivity index (χ2n) is 4.73. The predicted molar refractivity (Wildman–Crippen MR) is 81.2 cm³/mol. The van der Waals surface area contributed by atoms with Crippen molar-refractivity contribution in [3.63, 3.8) is 0 Å². The molecule has 0 amide bonds. The summed E-state index contributed by atoms with van der Waals surface area (Å²) in [6.45, 7) is 0. The van der Waals surface area contributed by atoms with E-state index in [0.29, 0.717) is 16.0 Å². The standard InChI is InChI=1S/C16H6Cl2O4/c17-15(21)11-6-8-5-9-7(2-1-3-12(9)19)4-10(8)14(20)13(11)16(18)22/h1-6H. The topological polar surface area (TPSA) is 68.3 Å². The molecule has 0 spiro atoms. The Balaban J connectivity index is 2.39. The lowest BCUT2D eigenvalue weighted by molar-refractivity contribution is -0.110. The summed E-state index contributed by atoms with van der Waals surface area (Å²) in [7, 11) is 0. The number of fused-ring (bicyclic) bond motifs is 2. The maximum atomic E-state index is 12.4. The Morgan fingerprint density at radius 2 is 1.59 bits per heavy atom. The average Bonchev–Trinajstić information content (AvgIpc) is 2.45. The molecule has 0 fully saturated rings. The molecule has 1 aromatic carbocycles. The summed E-state index contributed by atoms with van der Waals surface area (Å²) < 4.78 is 0. The summed E-state index contributed by atoms with van der Waals surface area (Å²) in [5, 5.41) is -1.09. The minimum Gasteiger partial charge on any atom is -0.289 e. The number of ketones is 2. The van der Waals surface area contributed by atoms with Crippen molar-refractivity contribution < 1.29 is 19.2 Å². The molecular formula is C16H6Cl2O4. The van der Waals surface area contributed by atoms with Gasteiger partial charge in [-0.2, -0.15) is 0 Å².